The maximum absolute atomic E-state index is 10.9. The van der Waals surface area contributed by atoms with Gasteiger partial charge in [-0.1, -0.05) is 34.0 Å². The zero-order valence-corrected chi connectivity index (χ0v) is 16.8. The number of aliphatic hydroxyl groups is 1. The van der Waals surface area contributed by atoms with Crippen molar-refractivity contribution >= 4 is 0 Å². The molecule has 2 aromatic rings. The van der Waals surface area contributed by atoms with Gasteiger partial charge in [-0.25, -0.2) is 4.57 Å². The third-order valence-electron chi connectivity index (χ3n) is 5.04. The molecule has 0 aliphatic carbocycles. The Labute approximate surface area is 157 Å². The highest BCUT2D eigenvalue weighted by atomic mass is 16.3. The van der Waals surface area contributed by atoms with Crippen LogP contribution in [-0.4, -0.2) is 14.9 Å². The van der Waals surface area contributed by atoms with Crippen molar-refractivity contribution in [2.45, 2.75) is 73.3 Å². The number of aliphatic hydroxyl groups excluding tert-OH is 1. The van der Waals surface area contributed by atoms with Crippen LogP contribution in [0.1, 0.15) is 67.9 Å². The lowest BCUT2D eigenvalue weighted by Crippen LogP contribution is -2.38. The Bertz CT molecular complexity index is 805. The summed E-state index contributed by atoms with van der Waals surface area (Å²) >= 11 is 0. The van der Waals surface area contributed by atoms with Crippen molar-refractivity contribution in [3.05, 3.63) is 58.2 Å². The molecule has 4 nitrogen and oxygen atoms in total. The standard InChI is InChI=1S/C22H31N3O/c1-15(2)9-6-7-10-19(26)22-24-12-8-11-20(24)23-25(22)21-17(4)13-16(3)14-18(21)5/h9,13-14,26H,6-8,10-12H2,1-5H3/q+1. The lowest BCUT2D eigenvalue weighted by molar-refractivity contribution is -0.698. The third-order valence-corrected chi connectivity index (χ3v) is 5.04. The number of aryl methyl sites for hydroxylation is 4. The maximum atomic E-state index is 10.9. The molecule has 2 heterocycles. The normalized spacial score (nSPS) is 13.3. The molecule has 3 rings (SSSR count). The molecule has 0 atom stereocenters. The van der Waals surface area contributed by atoms with E-state index in [1.54, 1.807) is 0 Å². The minimum Gasteiger partial charge on any atom is -0.376 e. The van der Waals surface area contributed by atoms with Gasteiger partial charge in [0.05, 0.1) is 6.54 Å². The van der Waals surface area contributed by atoms with Crippen LogP contribution in [-0.2, 0) is 13.0 Å². The van der Waals surface area contributed by atoms with Crippen molar-refractivity contribution in [2.24, 2.45) is 0 Å². The van der Waals surface area contributed by atoms with Gasteiger partial charge in [0, 0.05) is 11.5 Å². The van der Waals surface area contributed by atoms with Crippen molar-refractivity contribution in [3.63, 3.8) is 0 Å². The summed E-state index contributed by atoms with van der Waals surface area (Å²) in [6.45, 7) is 11.5. The molecule has 1 aliphatic heterocycles. The van der Waals surface area contributed by atoms with E-state index in [1.807, 2.05) is 4.68 Å². The molecule has 26 heavy (non-hydrogen) atoms. The van der Waals surface area contributed by atoms with Gasteiger partial charge in [0.2, 0.25) is 0 Å². The summed E-state index contributed by atoms with van der Waals surface area (Å²) in [5.41, 5.74) is 6.08. The van der Waals surface area contributed by atoms with E-state index in [4.69, 9.17) is 5.10 Å². The molecule has 0 amide bonds. The molecule has 1 N–H and O–H groups in total. The summed E-state index contributed by atoms with van der Waals surface area (Å²) in [7, 11) is 0. The van der Waals surface area contributed by atoms with Crippen molar-refractivity contribution in [1.82, 2.24) is 9.78 Å². The van der Waals surface area contributed by atoms with Crippen LogP contribution < -0.4 is 4.57 Å². The molecule has 0 unspecified atom stereocenters. The molecule has 0 fully saturated rings. The van der Waals surface area contributed by atoms with Gasteiger partial charge >= 0.3 is 0 Å². The van der Waals surface area contributed by atoms with E-state index in [9.17, 15) is 5.11 Å². The summed E-state index contributed by atoms with van der Waals surface area (Å²) in [6.07, 6.45) is 7.39. The van der Waals surface area contributed by atoms with E-state index < -0.39 is 0 Å². The number of allylic oxidation sites excluding steroid dienone is 2. The van der Waals surface area contributed by atoms with Crippen LogP contribution in [0, 0.1) is 26.9 Å². The second kappa shape index (κ2) is 7.75. The van der Waals surface area contributed by atoms with E-state index in [0.717, 1.165) is 49.6 Å². The molecular formula is C22H31N3O+. The van der Waals surface area contributed by atoms with Crippen LogP contribution in [0.5, 0.6) is 0 Å². The highest BCUT2D eigenvalue weighted by molar-refractivity contribution is 5.49. The lowest BCUT2D eigenvalue weighted by atomic mass is 10.0. The minimum absolute atomic E-state index is 0.451. The fraction of sp³-hybridized carbons (Fsp3) is 0.500. The van der Waals surface area contributed by atoms with E-state index in [0.29, 0.717) is 12.5 Å². The van der Waals surface area contributed by atoms with E-state index >= 15 is 0 Å². The topological polar surface area (TPSA) is 41.9 Å². The number of hydrogen-bond donors (Lipinski definition) is 1. The summed E-state index contributed by atoms with van der Waals surface area (Å²) in [5.74, 6) is 1.94. The predicted molar refractivity (Wildman–Crippen MR) is 104 cm³/mol. The van der Waals surface area contributed by atoms with E-state index in [1.165, 1.54) is 22.3 Å². The number of unbranched alkanes of at least 4 members (excludes halogenated alkanes) is 1. The quantitative estimate of drug-likeness (QED) is 0.474. The Morgan fingerprint density at radius 1 is 1.23 bits per heavy atom. The molecule has 1 aliphatic rings. The molecule has 0 spiro atoms. The number of fused-ring (bicyclic) bond motifs is 1. The molecule has 139 valence electrons. The first-order valence-corrected chi connectivity index (χ1v) is 9.67. The van der Waals surface area contributed by atoms with Crippen LogP contribution in [0.3, 0.4) is 0 Å². The molecular weight excluding hydrogens is 322 g/mol. The zero-order valence-electron chi connectivity index (χ0n) is 16.8. The van der Waals surface area contributed by atoms with Gasteiger partial charge in [0.1, 0.15) is 5.69 Å². The van der Waals surface area contributed by atoms with Crippen LogP contribution in [0.2, 0.25) is 0 Å². The van der Waals surface area contributed by atoms with E-state index in [2.05, 4.69) is 57.4 Å². The van der Waals surface area contributed by atoms with Crippen molar-refractivity contribution < 1.29 is 9.67 Å². The highest BCUT2D eigenvalue weighted by Crippen LogP contribution is 2.26. The molecule has 1 aromatic carbocycles. The number of hydrogen-bond acceptors (Lipinski definition) is 2. The molecule has 0 saturated carbocycles. The molecule has 4 heteroatoms. The monoisotopic (exact) mass is 353 g/mol. The summed E-state index contributed by atoms with van der Waals surface area (Å²) in [4.78, 5) is 0. The minimum atomic E-state index is 0.451. The van der Waals surface area contributed by atoms with Gasteiger partial charge < -0.3 is 5.11 Å². The van der Waals surface area contributed by atoms with Crippen LogP contribution in [0.15, 0.2) is 23.8 Å². The van der Waals surface area contributed by atoms with Crippen LogP contribution in [0.4, 0.5) is 0 Å². The highest BCUT2D eigenvalue weighted by Gasteiger charge is 2.36. The second-order valence-electron chi connectivity index (χ2n) is 7.77. The summed E-state index contributed by atoms with van der Waals surface area (Å²) < 4.78 is 4.18. The predicted octanol–water partition coefficient (Wildman–Crippen LogP) is 4.42. The molecule has 1 aromatic heterocycles. The van der Waals surface area contributed by atoms with Gasteiger partial charge in [-0.3, -0.25) is 0 Å². The van der Waals surface area contributed by atoms with Gasteiger partial charge in [-0.05, 0) is 71.4 Å². The Kier molecular flexibility index (Phi) is 5.61. The van der Waals surface area contributed by atoms with Crippen molar-refractivity contribution in [2.75, 3.05) is 0 Å². The summed E-state index contributed by atoms with van der Waals surface area (Å²) in [6, 6.07) is 4.38. The van der Waals surface area contributed by atoms with E-state index in [-0.39, 0.29) is 0 Å². The third kappa shape index (κ3) is 3.75. The maximum Gasteiger partial charge on any atom is 0.278 e. The first-order chi connectivity index (χ1) is 12.4. The number of rotatable bonds is 6. The van der Waals surface area contributed by atoms with Gasteiger partial charge in [-0.15, -0.1) is 0 Å². The molecule has 0 bridgehead atoms. The lowest BCUT2D eigenvalue weighted by Gasteiger charge is -2.12. The molecule has 1 radical (unpaired) electrons. The first-order valence-electron chi connectivity index (χ1n) is 9.67. The average Bonchev–Trinajstić information content (AvgIpc) is 3.11. The fourth-order valence-corrected chi connectivity index (χ4v) is 3.98. The number of aromatic nitrogens is 3. The average molecular weight is 354 g/mol. The number of benzene rings is 1. The largest absolute Gasteiger partial charge is 0.376 e. The second-order valence-corrected chi connectivity index (χ2v) is 7.77. The van der Waals surface area contributed by atoms with Crippen molar-refractivity contribution in [3.8, 4) is 5.69 Å². The Hall–Kier alpha value is -1.94. The summed E-state index contributed by atoms with van der Waals surface area (Å²) in [5, 5.41) is 15.8. The fourth-order valence-electron chi connectivity index (χ4n) is 3.98. The first kappa shape index (κ1) is 18.8. The van der Waals surface area contributed by atoms with Crippen LogP contribution >= 0.6 is 0 Å². The van der Waals surface area contributed by atoms with Crippen molar-refractivity contribution in [1.29, 1.82) is 0 Å². The van der Waals surface area contributed by atoms with Gasteiger partial charge in [0.15, 0.2) is 6.10 Å². The number of nitrogens with zero attached hydrogens (tertiary/aromatic N) is 3. The SMILES string of the molecule is CC(C)=CCCC[C](O)c1n(-c2c(C)cc(C)cc2C)nc2[n+]1CCC2. The van der Waals surface area contributed by atoms with Gasteiger partial charge in [-0.2, -0.15) is 0 Å². The van der Waals surface area contributed by atoms with Crippen LogP contribution in [0.25, 0.3) is 5.69 Å². The zero-order chi connectivity index (χ0) is 18.8. The smallest absolute Gasteiger partial charge is 0.278 e. The Morgan fingerprint density at radius 3 is 2.58 bits per heavy atom. The Morgan fingerprint density at radius 2 is 1.92 bits per heavy atom. The van der Waals surface area contributed by atoms with Gasteiger partial charge in [0.25, 0.3) is 11.6 Å². The Balaban J connectivity index is 1.96. The molecule has 0 saturated heterocycles.